The predicted octanol–water partition coefficient (Wildman–Crippen LogP) is 4.54. The van der Waals surface area contributed by atoms with Gasteiger partial charge in [0.15, 0.2) is 5.78 Å². The van der Waals surface area contributed by atoms with Gasteiger partial charge in [-0.1, -0.05) is 54.2 Å². The van der Waals surface area contributed by atoms with E-state index in [1.54, 1.807) is 36.4 Å². The monoisotopic (exact) mass is 495 g/mol. The van der Waals surface area contributed by atoms with Crippen LogP contribution in [0.4, 0.5) is 5.69 Å². The quantitative estimate of drug-likeness (QED) is 0.364. The Balaban J connectivity index is 1.55. The standard InChI is InChI=1S/C25H25N3O4S2/c1-18(29)20-10-7-11-21(16-20)27-25(30)24(19-8-3-2-4-9-19)33-23-13-12-22(17-26-23)34(31,32)28-14-5-6-15-28/h2-4,7-13,16-17,24H,5-6,14-15H2,1H3,(H,27,30). The molecule has 1 N–H and O–H groups in total. The third kappa shape index (κ3) is 5.55. The van der Waals surface area contributed by atoms with Crippen LogP contribution in [0.1, 0.15) is 40.9 Å². The Labute approximate surface area is 203 Å². The van der Waals surface area contributed by atoms with E-state index in [0.29, 0.717) is 29.4 Å². The zero-order valence-corrected chi connectivity index (χ0v) is 20.3. The largest absolute Gasteiger partial charge is 0.325 e. The number of aromatic nitrogens is 1. The zero-order chi connectivity index (χ0) is 24.1. The summed E-state index contributed by atoms with van der Waals surface area (Å²) in [5.41, 5.74) is 1.82. The molecule has 1 unspecified atom stereocenters. The molecule has 7 nitrogen and oxygen atoms in total. The average Bonchev–Trinajstić information content (AvgIpc) is 3.39. The Kier molecular flexibility index (Phi) is 7.45. The molecule has 9 heteroatoms. The molecule has 1 aliphatic rings. The molecule has 1 fully saturated rings. The van der Waals surface area contributed by atoms with E-state index in [1.165, 1.54) is 29.2 Å². The van der Waals surface area contributed by atoms with Crippen LogP contribution in [0.3, 0.4) is 0 Å². The number of hydrogen-bond acceptors (Lipinski definition) is 6. The maximum Gasteiger partial charge on any atom is 0.244 e. The lowest BCUT2D eigenvalue weighted by Crippen LogP contribution is -2.27. The normalized spacial score (nSPS) is 15.1. The molecule has 1 saturated heterocycles. The molecule has 34 heavy (non-hydrogen) atoms. The smallest absolute Gasteiger partial charge is 0.244 e. The molecule has 1 atom stereocenters. The number of benzene rings is 2. The number of carbonyl (C=O) groups is 2. The molecule has 0 radical (unpaired) electrons. The van der Waals surface area contributed by atoms with Crippen molar-refractivity contribution in [2.75, 3.05) is 18.4 Å². The first-order valence-electron chi connectivity index (χ1n) is 10.9. The Morgan fingerprint density at radius 3 is 2.38 bits per heavy atom. The Morgan fingerprint density at radius 1 is 1.00 bits per heavy atom. The number of rotatable bonds is 8. The van der Waals surface area contributed by atoms with Gasteiger partial charge in [-0.3, -0.25) is 9.59 Å². The lowest BCUT2D eigenvalue weighted by Gasteiger charge is -2.18. The van der Waals surface area contributed by atoms with E-state index in [9.17, 15) is 18.0 Å². The van der Waals surface area contributed by atoms with Gasteiger partial charge in [0.1, 0.15) is 10.1 Å². The van der Waals surface area contributed by atoms with Crippen molar-refractivity contribution >= 4 is 39.2 Å². The van der Waals surface area contributed by atoms with Crippen LogP contribution in [0, 0.1) is 0 Å². The van der Waals surface area contributed by atoms with Crippen molar-refractivity contribution in [3.63, 3.8) is 0 Å². The van der Waals surface area contributed by atoms with Gasteiger partial charge in [0.2, 0.25) is 15.9 Å². The van der Waals surface area contributed by atoms with Gasteiger partial charge < -0.3 is 5.32 Å². The van der Waals surface area contributed by atoms with Crippen molar-refractivity contribution < 1.29 is 18.0 Å². The summed E-state index contributed by atoms with van der Waals surface area (Å²) in [5.74, 6) is -0.356. The van der Waals surface area contributed by atoms with Crippen molar-refractivity contribution in [1.82, 2.24) is 9.29 Å². The number of ketones is 1. The second-order valence-electron chi connectivity index (χ2n) is 7.98. The summed E-state index contributed by atoms with van der Waals surface area (Å²) in [6.07, 6.45) is 3.08. The highest BCUT2D eigenvalue weighted by molar-refractivity contribution is 8.00. The molecule has 1 aromatic heterocycles. The van der Waals surface area contributed by atoms with E-state index in [1.807, 2.05) is 30.3 Å². The van der Waals surface area contributed by atoms with E-state index in [2.05, 4.69) is 10.3 Å². The summed E-state index contributed by atoms with van der Waals surface area (Å²) >= 11 is 1.23. The highest BCUT2D eigenvalue weighted by Crippen LogP contribution is 2.36. The number of nitrogens with one attached hydrogen (secondary N) is 1. The molecular formula is C25H25N3O4S2. The van der Waals surface area contributed by atoms with Gasteiger partial charge in [0.25, 0.3) is 0 Å². The number of hydrogen-bond donors (Lipinski definition) is 1. The summed E-state index contributed by atoms with van der Waals surface area (Å²) in [7, 11) is -3.55. The molecule has 1 aliphatic heterocycles. The van der Waals surface area contributed by atoms with E-state index in [4.69, 9.17) is 0 Å². The second kappa shape index (κ2) is 10.5. The number of amides is 1. The van der Waals surface area contributed by atoms with Crippen LogP contribution in [0.25, 0.3) is 0 Å². The van der Waals surface area contributed by atoms with Crippen molar-refractivity contribution in [3.8, 4) is 0 Å². The number of thioether (sulfide) groups is 1. The summed E-state index contributed by atoms with van der Waals surface area (Å²) in [5, 5.41) is 2.79. The van der Waals surface area contributed by atoms with Crippen LogP contribution in [-0.4, -0.2) is 42.5 Å². The van der Waals surface area contributed by atoms with E-state index in [-0.39, 0.29) is 16.6 Å². The van der Waals surface area contributed by atoms with Gasteiger partial charge in [0.05, 0.1) is 5.03 Å². The predicted molar refractivity (Wildman–Crippen MR) is 132 cm³/mol. The van der Waals surface area contributed by atoms with Crippen LogP contribution < -0.4 is 5.32 Å². The molecule has 2 aromatic carbocycles. The molecule has 0 saturated carbocycles. The number of pyridine rings is 1. The molecule has 1 amide bonds. The van der Waals surface area contributed by atoms with E-state index < -0.39 is 15.3 Å². The Morgan fingerprint density at radius 2 is 1.74 bits per heavy atom. The van der Waals surface area contributed by atoms with Crippen LogP contribution in [0.15, 0.2) is 82.8 Å². The fraction of sp³-hybridized carbons (Fsp3) is 0.240. The summed E-state index contributed by atoms with van der Waals surface area (Å²) in [6.45, 7) is 2.53. The first-order valence-corrected chi connectivity index (χ1v) is 13.3. The molecule has 0 bridgehead atoms. The minimum atomic E-state index is -3.55. The maximum absolute atomic E-state index is 13.3. The Bertz CT molecular complexity index is 1270. The summed E-state index contributed by atoms with van der Waals surface area (Å²) in [6, 6.07) is 19.3. The van der Waals surface area contributed by atoms with Crippen LogP contribution in [-0.2, 0) is 14.8 Å². The maximum atomic E-state index is 13.3. The van der Waals surface area contributed by atoms with Gasteiger partial charge in [-0.05, 0) is 49.6 Å². The zero-order valence-electron chi connectivity index (χ0n) is 18.7. The summed E-state index contributed by atoms with van der Waals surface area (Å²) in [4.78, 5) is 29.4. The number of carbonyl (C=O) groups excluding carboxylic acids is 2. The first kappa shape index (κ1) is 24.1. The van der Waals surface area contributed by atoms with Gasteiger partial charge in [0, 0.05) is 30.5 Å². The minimum absolute atomic E-state index is 0.0849. The topological polar surface area (TPSA) is 96.4 Å². The van der Waals surface area contributed by atoms with Crippen LogP contribution >= 0.6 is 11.8 Å². The average molecular weight is 496 g/mol. The first-order chi connectivity index (χ1) is 16.3. The number of Topliss-reactive ketones (excluding diaryl/α,β-unsaturated/α-hetero) is 1. The number of sulfonamides is 1. The minimum Gasteiger partial charge on any atom is -0.325 e. The molecule has 0 spiro atoms. The fourth-order valence-corrected chi connectivity index (χ4v) is 6.14. The van der Waals surface area contributed by atoms with Crippen LogP contribution in [0.5, 0.6) is 0 Å². The second-order valence-corrected chi connectivity index (χ2v) is 11.0. The van der Waals surface area contributed by atoms with Crippen molar-refractivity contribution in [1.29, 1.82) is 0 Å². The number of anilines is 1. The van der Waals surface area contributed by atoms with Gasteiger partial charge >= 0.3 is 0 Å². The van der Waals surface area contributed by atoms with Crippen LogP contribution in [0.2, 0.25) is 0 Å². The van der Waals surface area contributed by atoms with Crippen molar-refractivity contribution in [3.05, 3.63) is 84.1 Å². The molecule has 3 aromatic rings. The van der Waals surface area contributed by atoms with Crippen molar-refractivity contribution in [2.24, 2.45) is 0 Å². The third-order valence-corrected chi connectivity index (χ3v) is 8.61. The van der Waals surface area contributed by atoms with E-state index in [0.717, 1.165) is 18.4 Å². The highest BCUT2D eigenvalue weighted by atomic mass is 32.2. The molecule has 2 heterocycles. The van der Waals surface area contributed by atoms with Gasteiger partial charge in [-0.2, -0.15) is 4.31 Å². The lowest BCUT2D eigenvalue weighted by atomic mass is 10.1. The van der Waals surface area contributed by atoms with Gasteiger partial charge in [-0.25, -0.2) is 13.4 Å². The van der Waals surface area contributed by atoms with Crippen molar-refractivity contribution in [2.45, 2.75) is 34.9 Å². The van der Waals surface area contributed by atoms with Gasteiger partial charge in [-0.15, -0.1) is 0 Å². The van der Waals surface area contributed by atoms with E-state index >= 15 is 0 Å². The molecule has 4 rings (SSSR count). The lowest BCUT2D eigenvalue weighted by molar-refractivity contribution is -0.115. The SMILES string of the molecule is CC(=O)c1cccc(NC(=O)C(Sc2ccc(S(=O)(=O)N3CCCC3)cn2)c2ccccc2)c1. The molecular weight excluding hydrogens is 470 g/mol. The molecule has 0 aliphatic carbocycles. The highest BCUT2D eigenvalue weighted by Gasteiger charge is 2.28. The molecule has 176 valence electrons. The Hall–Kier alpha value is -3.01. The third-order valence-electron chi connectivity index (χ3n) is 5.53. The summed E-state index contributed by atoms with van der Waals surface area (Å²) < 4.78 is 27.0. The number of nitrogens with zero attached hydrogens (tertiary/aromatic N) is 2. The fourth-order valence-electron chi connectivity index (χ4n) is 3.71.